The molecule has 0 saturated carbocycles. The van der Waals surface area contributed by atoms with Crippen molar-refractivity contribution in [1.82, 2.24) is 10.7 Å². The van der Waals surface area contributed by atoms with Crippen molar-refractivity contribution >= 4 is 23.0 Å². The molecule has 0 saturated heterocycles. The molecule has 3 N–H and O–H groups in total. The lowest BCUT2D eigenvalue weighted by Gasteiger charge is -2.14. The molecular formula is C15H14F3N3S. The van der Waals surface area contributed by atoms with E-state index < -0.39 is 11.7 Å². The Kier molecular flexibility index (Phi) is 5.21. The molecule has 3 nitrogen and oxygen atoms in total. The quantitative estimate of drug-likeness (QED) is 0.592. The van der Waals surface area contributed by atoms with E-state index in [0.717, 1.165) is 17.7 Å². The third-order valence-electron chi connectivity index (χ3n) is 2.81. The minimum absolute atomic E-state index is 0.277. The molecule has 0 bridgehead atoms. The molecule has 0 unspecified atom stereocenters. The molecule has 0 spiro atoms. The Morgan fingerprint density at radius 2 is 1.73 bits per heavy atom. The molecule has 0 aromatic heterocycles. The largest absolute Gasteiger partial charge is 0.416 e. The van der Waals surface area contributed by atoms with Gasteiger partial charge in [0, 0.05) is 6.54 Å². The summed E-state index contributed by atoms with van der Waals surface area (Å²) in [4.78, 5) is 0. The maximum atomic E-state index is 12.6. The first kappa shape index (κ1) is 16.1. The van der Waals surface area contributed by atoms with Crippen molar-refractivity contribution in [3.8, 4) is 0 Å². The number of nitrogens with one attached hydrogen (secondary N) is 3. The first-order chi connectivity index (χ1) is 10.4. The van der Waals surface area contributed by atoms with Gasteiger partial charge in [0.1, 0.15) is 0 Å². The summed E-state index contributed by atoms with van der Waals surface area (Å²) in [5.41, 5.74) is 5.89. The number of hydrazine groups is 1. The summed E-state index contributed by atoms with van der Waals surface area (Å²) in [5, 5.41) is 3.24. The molecule has 7 heteroatoms. The van der Waals surface area contributed by atoms with Crippen molar-refractivity contribution in [2.75, 3.05) is 5.43 Å². The van der Waals surface area contributed by atoms with E-state index in [1.807, 2.05) is 30.3 Å². The van der Waals surface area contributed by atoms with Crippen molar-refractivity contribution in [3.63, 3.8) is 0 Å². The predicted molar refractivity (Wildman–Crippen MR) is 84.1 cm³/mol. The molecular weight excluding hydrogens is 311 g/mol. The summed E-state index contributed by atoms with van der Waals surface area (Å²) in [7, 11) is 0. The van der Waals surface area contributed by atoms with Crippen molar-refractivity contribution in [1.29, 1.82) is 0 Å². The lowest BCUT2D eigenvalue weighted by atomic mass is 10.2. The van der Waals surface area contributed by atoms with Crippen LogP contribution in [0.4, 0.5) is 18.9 Å². The van der Waals surface area contributed by atoms with Crippen LogP contribution in [0, 0.1) is 0 Å². The molecule has 0 heterocycles. The van der Waals surface area contributed by atoms with E-state index in [1.54, 1.807) is 0 Å². The summed E-state index contributed by atoms with van der Waals surface area (Å²) in [6, 6.07) is 14.5. The molecule has 0 fully saturated rings. The van der Waals surface area contributed by atoms with Crippen LogP contribution in [-0.2, 0) is 12.7 Å². The number of hydrogen-bond acceptors (Lipinski definition) is 2. The van der Waals surface area contributed by atoms with E-state index in [9.17, 15) is 13.2 Å². The van der Waals surface area contributed by atoms with Crippen molar-refractivity contribution in [2.45, 2.75) is 12.7 Å². The number of benzene rings is 2. The fraction of sp³-hybridized carbons (Fsp3) is 0.133. The summed E-state index contributed by atoms with van der Waals surface area (Å²) in [5.74, 6) is 0. The minimum Gasteiger partial charge on any atom is -0.357 e. The van der Waals surface area contributed by atoms with Crippen LogP contribution < -0.4 is 16.2 Å². The van der Waals surface area contributed by atoms with Crippen LogP contribution >= 0.6 is 12.2 Å². The van der Waals surface area contributed by atoms with Crippen LogP contribution in [0.1, 0.15) is 11.1 Å². The first-order valence-corrected chi connectivity index (χ1v) is 6.87. The second-order valence-electron chi connectivity index (χ2n) is 4.50. The second-order valence-corrected chi connectivity index (χ2v) is 4.91. The van der Waals surface area contributed by atoms with Crippen LogP contribution in [0.15, 0.2) is 54.6 Å². The number of alkyl halides is 3. The molecule has 2 aromatic rings. The standard InChI is InChI=1S/C15H14F3N3S/c16-15(17,18)12-7-4-8-13(9-12)20-21-14(22)19-10-11-5-2-1-3-6-11/h1-9,20H,10H2,(H2,19,21,22). The Morgan fingerprint density at radius 1 is 1.00 bits per heavy atom. The molecule has 22 heavy (non-hydrogen) atoms. The van der Waals surface area contributed by atoms with Crippen LogP contribution in [0.25, 0.3) is 0 Å². The van der Waals surface area contributed by atoms with Gasteiger partial charge < -0.3 is 5.32 Å². The van der Waals surface area contributed by atoms with E-state index in [0.29, 0.717) is 11.7 Å². The Labute approximate surface area is 131 Å². The maximum absolute atomic E-state index is 12.6. The lowest BCUT2D eigenvalue weighted by Crippen LogP contribution is -2.38. The van der Waals surface area contributed by atoms with E-state index in [4.69, 9.17) is 12.2 Å². The fourth-order valence-corrected chi connectivity index (χ4v) is 1.85. The zero-order valence-corrected chi connectivity index (χ0v) is 12.3. The molecule has 0 aliphatic rings. The molecule has 0 radical (unpaired) electrons. The highest BCUT2D eigenvalue weighted by Crippen LogP contribution is 2.30. The molecule has 0 aliphatic carbocycles. The topological polar surface area (TPSA) is 36.1 Å². The van der Waals surface area contributed by atoms with Gasteiger partial charge in [-0.1, -0.05) is 36.4 Å². The van der Waals surface area contributed by atoms with Gasteiger partial charge in [0.05, 0.1) is 11.3 Å². The van der Waals surface area contributed by atoms with Crippen molar-refractivity contribution in [2.24, 2.45) is 0 Å². The zero-order valence-electron chi connectivity index (χ0n) is 11.4. The number of thiocarbonyl (C=S) groups is 1. The highest BCUT2D eigenvalue weighted by molar-refractivity contribution is 7.80. The number of rotatable bonds is 4. The van der Waals surface area contributed by atoms with Gasteiger partial charge in [-0.05, 0) is 36.0 Å². The second kappa shape index (κ2) is 7.13. The minimum atomic E-state index is -4.37. The normalized spacial score (nSPS) is 10.9. The fourth-order valence-electron chi connectivity index (χ4n) is 1.72. The summed E-state index contributed by atoms with van der Waals surface area (Å²) < 4.78 is 37.8. The van der Waals surface area contributed by atoms with Gasteiger partial charge >= 0.3 is 6.18 Å². The number of halogens is 3. The molecule has 0 amide bonds. The lowest BCUT2D eigenvalue weighted by molar-refractivity contribution is -0.137. The smallest absolute Gasteiger partial charge is 0.357 e. The molecule has 2 aromatic carbocycles. The molecule has 0 aliphatic heterocycles. The Balaban J connectivity index is 1.84. The van der Waals surface area contributed by atoms with Crippen LogP contribution in [0.3, 0.4) is 0 Å². The van der Waals surface area contributed by atoms with Gasteiger partial charge in [0.2, 0.25) is 0 Å². The molecule has 0 atom stereocenters. The van der Waals surface area contributed by atoms with Crippen molar-refractivity contribution < 1.29 is 13.2 Å². The Morgan fingerprint density at radius 3 is 2.41 bits per heavy atom. The van der Waals surface area contributed by atoms with Gasteiger partial charge in [0.15, 0.2) is 5.11 Å². The summed E-state index contributed by atoms with van der Waals surface area (Å²) >= 11 is 5.05. The SMILES string of the molecule is FC(F)(F)c1cccc(NNC(=S)NCc2ccccc2)c1. The maximum Gasteiger partial charge on any atom is 0.416 e. The van der Waals surface area contributed by atoms with Gasteiger partial charge in [-0.2, -0.15) is 13.2 Å². The number of anilines is 1. The van der Waals surface area contributed by atoms with E-state index in [1.165, 1.54) is 12.1 Å². The molecule has 2 rings (SSSR count). The van der Waals surface area contributed by atoms with E-state index >= 15 is 0 Å². The van der Waals surface area contributed by atoms with Crippen LogP contribution in [0.5, 0.6) is 0 Å². The average molecular weight is 325 g/mol. The van der Waals surface area contributed by atoms with Crippen LogP contribution in [0.2, 0.25) is 0 Å². The zero-order chi connectivity index (χ0) is 16.0. The van der Waals surface area contributed by atoms with Gasteiger partial charge in [-0.3, -0.25) is 10.9 Å². The third-order valence-corrected chi connectivity index (χ3v) is 3.05. The number of hydrogen-bond donors (Lipinski definition) is 3. The van der Waals surface area contributed by atoms with Gasteiger partial charge in [-0.25, -0.2) is 0 Å². The van der Waals surface area contributed by atoms with Gasteiger partial charge in [0.25, 0.3) is 0 Å². The van der Waals surface area contributed by atoms with E-state index in [2.05, 4.69) is 16.2 Å². The highest BCUT2D eigenvalue weighted by atomic mass is 32.1. The van der Waals surface area contributed by atoms with Crippen LogP contribution in [-0.4, -0.2) is 5.11 Å². The average Bonchev–Trinajstić information content (AvgIpc) is 2.51. The molecule has 116 valence electrons. The third kappa shape index (κ3) is 4.92. The van der Waals surface area contributed by atoms with Crippen molar-refractivity contribution in [3.05, 3.63) is 65.7 Å². The van der Waals surface area contributed by atoms with Gasteiger partial charge in [-0.15, -0.1) is 0 Å². The Bertz CT molecular complexity index is 629. The predicted octanol–water partition coefficient (Wildman–Crippen LogP) is 3.70. The summed E-state index contributed by atoms with van der Waals surface area (Å²) in [6.07, 6.45) is -4.37. The Hall–Kier alpha value is -2.28. The first-order valence-electron chi connectivity index (χ1n) is 6.46. The highest BCUT2D eigenvalue weighted by Gasteiger charge is 2.30. The van der Waals surface area contributed by atoms with E-state index in [-0.39, 0.29) is 5.69 Å². The monoisotopic (exact) mass is 325 g/mol. The summed E-state index contributed by atoms with van der Waals surface area (Å²) in [6.45, 7) is 0.525.